The highest BCUT2D eigenvalue weighted by Crippen LogP contribution is 2.28. The van der Waals surface area contributed by atoms with E-state index in [1.54, 1.807) is 42.5 Å². The van der Waals surface area contributed by atoms with E-state index >= 15 is 0 Å². The lowest BCUT2D eigenvalue weighted by Gasteiger charge is -2.10. The van der Waals surface area contributed by atoms with Crippen LogP contribution in [0.3, 0.4) is 0 Å². The topological polar surface area (TPSA) is 106 Å². The van der Waals surface area contributed by atoms with E-state index < -0.39 is 17.8 Å². The summed E-state index contributed by atoms with van der Waals surface area (Å²) < 4.78 is 10.7. The molecular formula is C26H25N3O5. The van der Waals surface area contributed by atoms with Gasteiger partial charge in [-0.2, -0.15) is 5.10 Å². The molecule has 0 unspecified atom stereocenters. The van der Waals surface area contributed by atoms with Crippen LogP contribution in [0.25, 0.3) is 0 Å². The predicted molar refractivity (Wildman–Crippen MR) is 129 cm³/mol. The van der Waals surface area contributed by atoms with Crippen molar-refractivity contribution in [3.8, 4) is 11.5 Å². The predicted octanol–water partition coefficient (Wildman–Crippen LogP) is 3.87. The second-order valence-electron chi connectivity index (χ2n) is 7.37. The first-order chi connectivity index (χ1) is 16.4. The molecule has 8 heteroatoms. The van der Waals surface area contributed by atoms with E-state index in [0.717, 1.165) is 17.5 Å². The van der Waals surface area contributed by atoms with Crippen LogP contribution >= 0.6 is 0 Å². The van der Waals surface area contributed by atoms with Gasteiger partial charge in [-0.3, -0.25) is 9.59 Å². The molecule has 0 aliphatic rings. The third kappa shape index (κ3) is 6.52. The molecule has 0 heterocycles. The van der Waals surface area contributed by atoms with Crippen LogP contribution in [0.1, 0.15) is 34.0 Å². The highest BCUT2D eigenvalue weighted by atomic mass is 16.6. The van der Waals surface area contributed by atoms with Crippen molar-refractivity contribution in [2.45, 2.75) is 20.3 Å². The lowest BCUT2D eigenvalue weighted by molar-refractivity contribution is -0.136. The number of anilines is 1. The van der Waals surface area contributed by atoms with Crippen LogP contribution in [0.15, 0.2) is 71.8 Å². The van der Waals surface area contributed by atoms with Gasteiger partial charge < -0.3 is 14.8 Å². The van der Waals surface area contributed by atoms with Gasteiger partial charge in [-0.25, -0.2) is 10.2 Å². The normalized spacial score (nSPS) is 10.6. The second kappa shape index (κ2) is 11.4. The molecule has 174 valence electrons. The number of nitrogens with zero attached hydrogens (tertiary/aromatic N) is 1. The number of hydrogen-bond donors (Lipinski definition) is 2. The maximum Gasteiger partial charge on any atom is 0.343 e. The van der Waals surface area contributed by atoms with Gasteiger partial charge in [-0.05, 0) is 66.9 Å². The molecule has 34 heavy (non-hydrogen) atoms. The molecular weight excluding hydrogens is 434 g/mol. The molecule has 2 amide bonds. The van der Waals surface area contributed by atoms with E-state index in [0.29, 0.717) is 22.6 Å². The van der Waals surface area contributed by atoms with Gasteiger partial charge in [0.1, 0.15) is 0 Å². The summed E-state index contributed by atoms with van der Waals surface area (Å²) in [5.41, 5.74) is 5.83. The Bertz CT molecular complexity index is 1200. The maximum atomic E-state index is 12.4. The van der Waals surface area contributed by atoms with Crippen molar-refractivity contribution >= 4 is 29.7 Å². The summed E-state index contributed by atoms with van der Waals surface area (Å²) in [6.07, 6.45) is 2.22. The minimum absolute atomic E-state index is 0.239. The van der Waals surface area contributed by atoms with Gasteiger partial charge in [0.25, 0.3) is 0 Å². The summed E-state index contributed by atoms with van der Waals surface area (Å²) in [6.45, 7) is 3.96. The van der Waals surface area contributed by atoms with Gasteiger partial charge in [0, 0.05) is 5.69 Å². The third-order valence-electron chi connectivity index (χ3n) is 4.88. The number of hydrazone groups is 1. The average molecular weight is 460 g/mol. The molecule has 3 aromatic rings. The number of esters is 1. The maximum absolute atomic E-state index is 12.4. The quantitative estimate of drug-likeness (QED) is 0.183. The number of methoxy groups -OCH3 is 1. The summed E-state index contributed by atoms with van der Waals surface area (Å²) in [5, 5.41) is 6.31. The van der Waals surface area contributed by atoms with Gasteiger partial charge in [0.2, 0.25) is 0 Å². The Labute approximate surface area is 197 Å². The fraction of sp³-hybridized carbons (Fsp3) is 0.154. The SMILES string of the molecule is CCc1ccc(NC(=O)C(=O)N/N=C/c2ccc(OC(=O)c3ccc(C)cc3)c(OC)c2)cc1. The van der Waals surface area contributed by atoms with Crippen molar-refractivity contribution in [2.75, 3.05) is 12.4 Å². The van der Waals surface area contributed by atoms with E-state index in [2.05, 4.69) is 15.8 Å². The molecule has 3 aromatic carbocycles. The van der Waals surface area contributed by atoms with E-state index in [1.165, 1.54) is 13.3 Å². The third-order valence-corrected chi connectivity index (χ3v) is 4.88. The first-order valence-corrected chi connectivity index (χ1v) is 10.6. The molecule has 0 aliphatic carbocycles. The Morgan fingerprint density at radius 3 is 2.26 bits per heavy atom. The van der Waals surface area contributed by atoms with Crippen molar-refractivity contribution in [1.29, 1.82) is 0 Å². The van der Waals surface area contributed by atoms with Crippen molar-refractivity contribution in [3.63, 3.8) is 0 Å². The van der Waals surface area contributed by atoms with Crippen LogP contribution in [0.2, 0.25) is 0 Å². The lowest BCUT2D eigenvalue weighted by atomic mass is 10.1. The van der Waals surface area contributed by atoms with Gasteiger partial charge in [0.05, 0.1) is 18.9 Å². The van der Waals surface area contributed by atoms with Gasteiger partial charge in [-0.1, -0.05) is 36.8 Å². The van der Waals surface area contributed by atoms with Crippen molar-refractivity contribution < 1.29 is 23.9 Å². The summed E-state index contributed by atoms with van der Waals surface area (Å²) in [4.78, 5) is 36.4. The molecule has 0 atom stereocenters. The zero-order valence-electron chi connectivity index (χ0n) is 19.1. The molecule has 0 fully saturated rings. The highest BCUT2D eigenvalue weighted by Gasteiger charge is 2.14. The summed E-state index contributed by atoms with van der Waals surface area (Å²) in [7, 11) is 1.44. The van der Waals surface area contributed by atoms with Gasteiger partial charge in [0.15, 0.2) is 11.5 Å². The van der Waals surface area contributed by atoms with E-state index in [9.17, 15) is 14.4 Å². The first kappa shape index (κ1) is 24.2. The van der Waals surface area contributed by atoms with Gasteiger partial charge in [-0.15, -0.1) is 0 Å². The Kier molecular flexibility index (Phi) is 8.12. The number of carbonyl (C=O) groups excluding carboxylic acids is 3. The zero-order chi connectivity index (χ0) is 24.5. The van der Waals surface area contributed by atoms with Crippen LogP contribution in [-0.2, 0) is 16.0 Å². The fourth-order valence-electron chi connectivity index (χ4n) is 2.93. The average Bonchev–Trinajstić information content (AvgIpc) is 2.85. The largest absolute Gasteiger partial charge is 0.493 e. The van der Waals surface area contributed by atoms with Gasteiger partial charge >= 0.3 is 17.8 Å². The number of benzene rings is 3. The Morgan fingerprint density at radius 2 is 1.62 bits per heavy atom. The Hall–Kier alpha value is -4.46. The minimum Gasteiger partial charge on any atom is -0.493 e. The molecule has 3 rings (SSSR count). The number of carbonyl (C=O) groups is 3. The fourth-order valence-corrected chi connectivity index (χ4v) is 2.93. The molecule has 0 saturated carbocycles. The molecule has 0 aromatic heterocycles. The Balaban J connectivity index is 1.58. The Morgan fingerprint density at radius 1 is 0.912 bits per heavy atom. The molecule has 0 saturated heterocycles. The highest BCUT2D eigenvalue weighted by molar-refractivity contribution is 6.39. The molecule has 0 bridgehead atoms. The summed E-state index contributed by atoms with van der Waals surface area (Å²) >= 11 is 0. The number of amides is 2. The van der Waals surface area contributed by atoms with Crippen LogP contribution in [-0.4, -0.2) is 31.1 Å². The minimum atomic E-state index is -0.911. The van der Waals surface area contributed by atoms with Crippen molar-refractivity contribution in [1.82, 2.24) is 5.43 Å². The van der Waals surface area contributed by atoms with Crippen molar-refractivity contribution in [3.05, 3.63) is 89.0 Å². The molecule has 2 N–H and O–H groups in total. The zero-order valence-corrected chi connectivity index (χ0v) is 19.1. The molecule has 0 spiro atoms. The standard InChI is InChI=1S/C26H25N3O5/c1-4-18-7-12-21(13-8-18)28-24(30)25(31)29-27-16-19-9-14-22(23(15-19)33-3)34-26(32)20-10-5-17(2)6-11-20/h5-16H,4H2,1-3H3,(H,28,30)(H,29,31)/b27-16+. The first-order valence-electron chi connectivity index (χ1n) is 10.6. The summed E-state index contributed by atoms with van der Waals surface area (Å²) in [6, 6.07) is 19.0. The molecule has 8 nitrogen and oxygen atoms in total. The number of rotatable bonds is 7. The lowest BCUT2D eigenvalue weighted by Crippen LogP contribution is -2.32. The van der Waals surface area contributed by atoms with E-state index in [4.69, 9.17) is 9.47 Å². The van der Waals surface area contributed by atoms with Crippen LogP contribution in [0.4, 0.5) is 5.69 Å². The molecule has 0 aliphatic heterocycles. The number of ether oxygens (including phenoxy) is 2. The monoisotopic (exact) mass is 459 g/mol. The molecule has 0 radical (unpaired) electrons. The number of nitrogens with one attached hydrogen (secondary N) is 2. The van der Waals surface area contributed by atoms with Crippen LogP contribution < -0.4 is 20.2 Å². The van der Waals surface area contributed by atoms with E-state index in [-0.39, 0.29) is 5.75 Å². The summed E-state index contributed by atoms with van der Waals surface area (Å²) in [5.74, 6) is -1.71. The van der Waals surface area contributed by atoms with Crippen LogP contribution in [0, 0.1) is 6.92 Å². The van der Waals surface area contributed by atoms with Crippen molar-refractivity contribution in [2.24, 2.45) is 5.10 Å². The number of hydrogen-bond acceptors (Lipinski definition) is 6. The van der Waals surface area contributed by atoms with E-state index in [1.807, 2.05) is 38.1 Å². The van der Waals surface area contributed by atoms with Crippen LogP contribution in [0.5, 0.6) is 11.5 Å². The number of aryl methyl sites for hydroxylation is 2. The smallest absolute Gasteiger partial charge is 0.343 e. The second-order valence-corrected chi connectivity index (χ2v) is 7.37.